The molecule has 6 rings (SSSR count). The molecule has 0 aliphatic carbocycles. The fourth-order valence-electron chi connectivity index (χ4n) is 5.80. The van der Waals surface area contributed by atoms with Crippen molar-refractivity contribution in [1.29, 1.82) is 0 Å². The van der Waals surface area contributed by atoms with Crippen molar-refractivity contribution >= 4 is 23.4 Å². The fraction of sp³-hybridized carbons (Fsp3) is 0.323. The number of piperidine rings is 2. The van der Waals surface area contributed by atoms with Crippen molar-refractivity contribution in [2.24, 2.45) is 0 Å². The van der Waals surface area contributed by atoms with Crippen molar-refractivity contribution in [2.45, 2.75) is 50.5 Å². The zero-order valence-electron chi connectivity index (χ0n) is 21.7. The molecule has 8 nitrogen and oxygen atoms in total. The Hall–Kier alpha value is -4.17. The van der Waals surface area contributed by atoms with Gasteiger partial charge < -0.3 is 15.0 Å². The Bertz CT molecular complexity index is 1360. The second kappa shape index (κ2) is 10.9. The summed E-state index contributed by atoms with van der Waals surface area (Å²) in [4.78, 5) is 41.1. The number of carbonyl (C=O) groups is 3. The summed E-state index contributed by atoms with van der Waals surface area (Å²) in [6.45, 7) is 2.91. The Morgan fingerprint density at radius 2 is 1.69 bits per heavy atom. The molecule has 0 aromatic heterocycles. The van der Waals surface area contributed by atoms with E-state index in [0.29, 0.717) is 24.3 Å². The highest BCUT2D eigenvalue weighted by Gasteiger charge is 2.39. The van der Waals surface area contributed by atoms with Gasteiger partial charge in [0.05, 0.1) is 6.04 Å². The molecule has 3 atom stereocenters. The van der Waals surface area contributed by atoms with E-state index in [4.69, 9.17) is 4.74 Å². The number of anilines is 1. The monoisotopic (exact) mass is 524 g/mol. The van der Waals surface area contributed by atoms with Gasteiger partial charge >= 0.3 is 0 Å². The second-order valence-corrected chi connectivity index (χ2v) is 10.5. The molecule has 3 unspecified atom stereocenters. The fourth-order valence-corrected chi connectivity index (χ4v) is 5.80. The second-order valence-electron chi connectivity index (χ2n) is 10.5. The number of benzene rings is 3. The minimum absolute atomic E-state index is 0.107. The van der Waals surface area contributed by atoms with Gasteiger partial charge in [-0.1, -0.05) is 48.5 Å². The third kappa shape index (κ3) is 5.52. The third-order valence-electron chi connectivity index (χ3n) is 7.80. The summed E-state index contributed by atoms with van der Waals surface area (Å²) < 4.78 is 6.63. The van der Waals surface area contributed by atoms with Gasteiger partial charge in [0.2, 0.25) is 11.8 Å². The van der Waals surface area contributed by atoms with Gasteiger partial charge in [-0.2, -0.15) is 0 Å². The smallest absolute Gasteiger partial charge is 0.255 e. The van der Waals surface area contributed by atoms with Crippen LogP contribution in [0, 0.1) is 0 Å². The summed E-state index contributed by atoms with van der Waals surface area (Å²) in [5.41, 5.74) is 3.76. The molecule has 3 heterocycles. The van der Waals surface area contributed by atoms with Gasteiger partial charge in [-0.15, -0.1) is 0 Å². The standard InChI is InChI=1S/C31H32N4O4/c36-29-14-13-27(30(37)33-29)35-19-22-17-24(11-12-25(22)31(35)38)39-28-20-34(18-21-7-3-1-4-8-21)16-15-26(28)32-23-9-5-2-6-10-23/h1-12,17,26-28,32H,13-16,18-20H2,(H,33,36,37). The number of ether oxygens (including phenoxy) is 1. The summed E-state index contributed by atoms with van der Waals surface area (Å²) in [6.07, 6.45) is 1.41. The quantitative estimate of drug-likeness (QED) is 0.459. The van der Waals surface area contributed by atoms with Gasteiger partial charge in [0.15, 0.2) is 0 Å². The van der Waals surface area contributed by atoms with E-state index in [2.05, 4.69) is 51.9 Å². The van der Waals surface area contributed by atoms with Crippen LogP contribution < -0.4 is 15.4 Å². The highest BCUT2D eigenvalue weighted by atomic mass is 16.5. The molecule has 8 heteroatoms. The highest BCUT2D eigenvalue weighted by Crippen LogP contribution is 2.31. The molecule has 39 heavy (non-hydrogen) atoms. The minimum Gasteiger partial charge on any atom is -0.487 e. The van der Waals surface area contributed by atoms with Crippen LogP contribution in [0.3, 0.4) is 0 Å². The molecule has 3 aromatic rings. The molecule has 0 radical (unpaired) electrons. The molecule has 2 saturated heterocycles. The van der Waals surface area contributed by atoms with E-state index in [9.17, 15) is 14.4 Å². The van der Waals surface area contributed by atoms with Gasteiger partial charge in [-0.25, -0.2) is 0 Å². The van der Waals surface area contributed by atoms with Gasteiger partial charge in [-0.3, -0.25) is 24.6 Å². The molecule has 2 N–H and O–H groups in total. The van der Waals surface area contributed by atoms with E-state index >= 15 is 0 Å². The first-order valence-electron chi connectivity index (χ1n) is 13.6. The van der Waals surface area contributed by atoms with Crippen molar-refractivity contribution in [1.82, 2.24) is 15.1 Å². The van der Waals surface area contributed by atoms with Gasteiger partial charge in [0.25, 0.3) is 5.91 Å². The summed E-state index contributed by atoms with van der Waals surface area (Å²) >= 11 is 0. The molecular weight excluding hydrogens is 492 g/mol. The number of likely N-dealkylation sites (tertiary alicyclic amines) is 1. The topological polar surface area (TPSA) is 91.0 Å². The molecular formula is C31H32N4O4. The van der Waals surface area contributed by atoms with Gasteiger partial charge in [-0.05, 0) is 54.3 Å². The summed E-state index contributed by atoms with van der Waals surface area (Å²) in [5.74, 6) is -0.164. The maximum Gasteiger partial charge on any atom is 0.255 e. The van der Waals surface area contributed by atoms with Crippen LogP contribution in [0.15, 0.2) is 78.9 Å². The van der Waals surface area contributed by atoms with Crippen molar-refractivity contribution in [3.05, 3.63) is 95.6 Å². The van der Waals surface area contributed by atoms with Crippen LogP contribution in [0.25, 0.3) is 0 Å². The lowest BCUT2D eigenvalue weighted by molar-refractivity contribution is -0.136. The first-order chi connectivity index (χ1) is 19.0. The van der Waals surface area contributed by atoms with Crippen LogP contribution in [0.5, 0.6) is 5.75 Å². The van der Waals surface area contributed by atoms with Crippen molar-refractivity contribution in [2.75, 3.05) is 18.4 Å². The number of imide groups is 1. The van der Waals surface area contributed by atoms with E-state index in [-0.39, 0.29) is 30.4 Å². The van der Waals surface area contributed by atoms with E-state index < -0.39 is 11.9 Å². The first-order valence-corrected chi connectivity index (χ1v) is 13.6. The van der Waals surface area contributed by atoms with Crippen molar-refractivity contribution in [3.8, 4) is 5.75 Å². The zero-order chi connectivity index (χ0) is 26.8. The molecule has 200 valence electrons. The van der Waals surface area contributed by atoms with Crippen LogP contribution in [-0.4, -0.2) is 58.8 Å². The van der Waals surface area contributed by atoms with E-state index in [1.54, 1.807) is 11.0 Å². The molecule has 0 bridgehead atoms. The zero-order valence-corrected chi connectivity index (χ0v) is 21.7. The van der Waals surface area contributed by atoms with Gasteiger partial charge in [0.1, 0.15) is 17.9 Å². The number of rotatable bonds is 7. The molecule has 3 aliphatic heterocycles. The minimum atomic E-state index is -0.628. The predicted octanol–water partition coefficient (Wildman–Crippen LogP) is 3.58. The lowest BCUT2D eigenvalue weighted by Crippen LogP contribution is -2.52. The Morgan fingerprint density at radius 1 is 0.923 bits per heavy atom. The molecule has 3 amide bonds. The Morgan fingerprint density at radius 3 is 2.46 bits per heavy atom. The number of amides is 3. The summed E-state index contributed by atoms with van der Waals surface area (Å²) in [7, 11) is 0. The van der Waals surface area contributed by atoms with Crippen LogP contribution in [0.2, 0.25) is 0 Å². The van der Waals surface area contributed by atoms with E-state index in [1.165, 1.54) is 5.56 Å². The Labute approximate surface area is 227 Å². The van der Waals surface area contributed by atoms with Crippen LogP contribution in [0.1, 0.15) is 40.7 Å². The van der Waals surface area contributed by atoms with Crippen LogP contribution >= 0.6 is 0 Å². The Kier molecular flexibility index (Phi) is 7.02. The number of hydrogen-bond donors (Lipinski definition) is 2. The number of nitrogens with zero attached hydrogens (tertiary/aromatic N) is 2. The number of carbonyl (C=O) groups excluding carboxylic acids is 3. The maximum atomic E-state index is 13.1. The molecule has 3 aromatic carbocycles. The molecule has 3 aliphatic rings. The van der Waals surface area contributed by atoms with E-state index in [0.717, 1.165) is 37.3 Å². The predicted molar refractivity (Wildman–Crippen MR) is 147 cm³/mol. The lowest BCUT2D eigenvalue weighted by atomic mass is 10.00. The van der Waals surface area contributed by atoms with Crippen molar-refractivity contribution < 1.29 is 19.1 Å². The molecule has 0 spiro atoms. The Balaban J connectivity index is 1.19. The van der Waals surface area contributed by atoms with Crippen LogP contribution in [-0.2, 0) is 22.7 Å². The lowest BCUT2D eigenvalue weighted by Gasteiger charge is -2.39. The normalized spacial score (nSPS) is 23.3. The number of fused-ring (bicyclic) bond motifs is 1. The largest absolute Gasteiger partial charge is 0.487 e. The summed E-state index contributed by atoms with van der Waals surface area (Å²) in [5, 5.41) is 6.02. The summed E-state index contributed by atoms with van der Waals surface area (Å²) in [6, 6.07) is 25.7. The first kappa shape index (κ1) is 25.1. The highest BCUT2D eigenvalue weighted by molar-refractivity contribution is 6.05. The SMILES string of the molecule is O=C1CCC(N2Cc3cc(OC4CN(Cc5ccccc5)CCC4Nc4ccccc4)ccc3C2=O)C(=O)N1. The number of nitrogens with one attached hydrogen (secondary N) is 2. The maximum absolute atomic E-state index is 13.1. The van der Waals surface area contributed by atoms with E-state index in [1.807, 2.05) is 36.4 Å². The average molecular weight is 525 g/mol. The average Bonchev–Trinajstić information content (AvgIpc) is 3.26. The molecule has 0 saturated carbocycles. The van der Waals surface area contributed by atoms with Crippen LogP contribution in [0.4, 0.5) is 5.69 Å². The third-order valence-corrected chi connectivity index (χ3v) is 7.80. The molecule has 2 fully saturated rings. The number of para-hydroxylation sites is 1. The number of hydrogen-bond acceptors (Lipinski definition) is 6. The van der Waals surface area contributed by atoms with Gasteiger partial charge in [0, 0.05) is 43.9 Å². The van der Waals surface area contributed by atoms with Crippen molar-refractivity contribution in [3.63, 3.8) is 0 Å².